The van der Waals surface area contributed by atoms with Gasteiger partial charge in [0.15, 0.2) is 0 Å². The van der Waals surface area contributed by atoms with Gasteiger partial charge < -0.3 is 10.5 Å². The molecule has 0 aromatic heterocycles. The maximum absolute atomic E-state index is 6.56. The van der Waals surface area contributed by atoms with Gasteiger partial charge in [-0.05, 0) is 44.5 Å². The minimum Gasteiger partial charge on any atom is -0.491 e. The van der Waals surface area contributed by atoms with Crippen molar-refractivity contribution in [2.75, 3.05) is 0 Å². The summed E-state index contributed by atoms with van der Waals surface area (Å²) in [6.45, 7) is 6.00. The fourth-order valence-electron chi connectivity index (χ4n) is 2.20. The standard InChI is InChI=1S/C17H20ClNO/c1-12(2)20-16-7-5-4-6-15(16)17(3,19)13-8-10-14(18)11-9-13/h4-12H,19H2,1-3H3. The number of hydrogen-bond donors (Lipinski definition) is 1. The van der Waals surface area contributed by atoms with Crippen molar-refractivity contribution in [3.63, 3.8) is 0 Å². The monoisotopic (exact) mass is 289 g/mol. The molecular formula is C17H20ClNO. The molecule has 0 amide bonds. The van der Waals surface area contributed by atoms with E-state index in [-0.39, 0.29) is 6.10 Å². The summed E-state index contributed by atoms with van der Waals surface area (Å²) >= 11 is 5.94. The van der Waals surface area contributed by atoms with Crippen molar-refractivity contribution < 1.29 is 4.74 Å². The summed E-state index contributed by atoms with van der Waals surface area (Å²) < 4.78 is 5.87. The van der Waals surface area contributed by atoms with Crippen LogP contribution in [0.3, 0.4) is 0 Å². The molecule has 0 fully saturated rings. The molecule has 0 aliphatic carbocycles. The molecule has 2 rings (SSSR count). The lowest BCUT2D eigenvalue weighted by atomic mass is 9.85. The molecule has 2 N–H and O–H groups in total. The summed E-state index contributed by atoms with van der Waals surface area (Å²) in [5.41, 5.74) is 7.90. The van der Waals surface area contributed by atoms with E-state index in [4.69, 9.17) is 22.1 Å². The quantitative estimate of drug-likeness (QED) is 0.908. The van der Waals surface area contributed by atoms with Crippen molar-refractivity contribution in [3.8, 4) is 5.75 Å². The lowest BCUT2D eigenvalue weighted by Gasteiger charge is -2.28. The number of rotatable bonds is 4. The van der Waals surface area contributed by atoms with Gasteiger partial charge in [-0.1, -0.05) is 41.9 Å². The predicted octanol–water partition coefficient (Wildman–Crippen LogP) is 4.35. The zero-order valence-corrected chi connectivity index (χ0v) is 12.8. The fourth-order valence-corrected chi connectivity index (χ4v) is 2.33. The van der Waals surface area contributed by atoms with E-state index in [9.17, 15) is 0 Å². The molecule has 0 aliphatic heterocycles. The highest BCUT2D eigenvalue weighted by molar-refractivity contribution is 6.30. The molecule has 3 heteroatoms. The van der Waals surface area contributed by atoms with E-state index in [2.05, 4.69) is 0 Å². The van der Waals surface area contributed by atoms with Gasteiger partial charge in [-0.25, -0.2) is 0 Å². The summed E-state index contributed by atoms with van der Waals surface area (Å²) in [4.78, 5) is 0. The minimum atomic E-state index is -0.629. The summed E-state index contributed by atoms with van der Waals surface area (Å²) in [6, 6.07) is 15.5. The molecule has 0 saturated heterocycles. The molecule has 0 spiro atoms. The van der Waals surface area contributed by atoms with Crippen LogP contribution in [0.2, 0.25) is 5.02 Å². The molecule has 0 radical (unpaired) electrons. The zero-order chi connectivity index (χ0) is 14.8. The fraction of sp³-hybridized carbons (Fsp3) is 0.294. The van der Waals surface area contributed by atoms with Crippen LogP contribution < -0.4 is 10.5 Å². The molecule has 0 saturated carbocycles. The highest BCUT2D eigenvalue weighted by atomic mass is 35.5. The van der Waals surface area contributed by atoms with E-state index in [1.165, 1.54) is 0 Å². The molecular weight excluding hydrogens is 270 g/mol. The Balaban J connectivity index is 2.45. The molecule has 20 heavy (non-hydrogen) atoms. The molecule has 1 unspecified atom stereocenters. The zero-order valence-electron chi connectivity index (χ0n) is 12.1. The lowest BCUT2D eigenvalue weighted by molar-refractivity contribution is 0.237. The summed E-state index contributed by atoms with van der Waals surface area (Å²) in [7, 11) is 0. The normalized spacial score (nSPS) is 14.1. The second-order valence-electron chi connectivity index (χ2n) is 5.37. The molecule has 2 aromatic carbocycles. The third-order valence-corrected chi connectivity index (χ3v) is 3.51. The second-order valence-corrected chi connectivity index (χ2v) is 5.81. The Hall–Kier alpha value is -1.51. The van der Waals surface area contributed by atoms with Gasteiger partial charge in [0.2, 0.25) is 0 Å². The van der Waals surface area contributed by atoms with Crippen molar-refractivity contribution in [1.82, 2.24) is 0 Å². The van der Waals surface area contributed by atoms with Crippen LogP contribution in [0.4, 0.5) is 0 Å². The first-order valence-electron chi connectivity index (χ1n) is 6.72. The first-order valence-corrected chi connectivity index (χ1v) is 7.10. The van der Waals surface area contributed by atoms with Crippen molar-refractivity contribution in [2.45, 2.75) is 32.4 Å². The average Bonchev–Trinajstić information content (AvgIpc) is 2.39. The first-order chi connectivity index (χ1) is 9.41. The molecule has 0 bridgehead atoms. The Kier molecular flexibility index (Phi) is 4.36. The van der Waals surface area contributed by atoms with Gasteiger partial charge in [0.1, 0.15) is 5.75 Å². The van der Waals surface area contributed by atoms with Crippen LogP contribution in [0.25, 0.3) is 0 Å². The summed E-state index contributed by atoms with van der Waals surface area (Å²) in [6.07, 6.45) is 0.108. The van der Waals surface area contributed by atoms with Crippen LogP contribution in [-0.4, -0.2) is 6.10 Å². The predicted molar refractivity (Wildman–Crippen MR) is 84.3 cm³/mol. The topological polar surface area (TPSA) is 35.2 Å². The van der Waals surface area contributed by atoms with E-state index in [0.717, 1.165) is 16.9 Å². The highest BCUT2D eigenvalue weighted by Crippen LogP contribution is 2.34. The van der Waals surface area contributed by atoms with Crippen molar-refractivity contribution >= 4 is 11.6 Å². The molecule has 1 atom stereocenters. The van der Waals surface area contributed by atoms with E-state index in [1.54, 1.807) is 0 Å². The van der Waals surface area contributed by atoms with Crippen molar-refractivity contribution in [2.24, 2.45) is 5.73 Å². The van der Waals surface area contributed by atoms with E-state index in [1.807, 2.05) is 69.3 Å². The van der Waals surface area contributed by atoms with Crippen LogP contribution in [0, 0.1) is 0 Å². The third kappa shape index (κ3) is 3.14. The van der Waals surface area contributed by atoms with Gasteiger partial charge in [0, 0.05) is 10.6 Å². The Bertz CT molecular complexity index is 576. The molecule has 106 valence electrons. The van der Waals surface area contributed by atoms with Crippen LogP contribution in [0.15, 0.2) is 48.5 Å². The Morgan fingerprint density at radius 2 is 1.65 bits per heavy atom. The highest BCUT2D eigenvalue weighted by Gasteiger charge is 2.27. The number of nitrogens with two attached hydrogens (primary N) is 1. The molecule has 2 nitrogen and oxygen atoms in total. The summed E-state index contributed by atoms with van der Waals surface area (Å²) in [5, 5.41) is 0.705. The number of benzene rings is 2. The minimum absolute atomic E-state index is 0.108. The van der Waals surface area contributed by atoms with Gasteiger partial charge in [-0.2, -0.15) is 0 Å². The average molecular weight is 290 g/mol. The number of halogens is 1. The molecule has 0 aliphatic rings. The van der Waals surface area contributed by atoms with Crippen LogP contribution in [0.1, 0.15) is 31.9 Å². The van der Waals surface area contributed by atoms with Gasteiger partial charge in [0.25, 0.3) is 0 Å². The van der Waals surface area contributed by atoms with Crippen LogP contribution in [-0.2, 0) is 5.54 Å². The van der Waals surface area contributed by atoms with Gasteiger partial charge in [-0.15, -0.1) is 0 Å². The van der Waals surface area contributed by atoms with E-state index >= 15 is 0 Å². The van der Waals surface area contributed by atoms with E-state index in [0.29, 0.717) is 5.02 Å². The maximum atomic E-state index is 6.56. The van der Waals surface area contributed by atoms with Gasteiger partial charge in [0.05, 0.1) is 11.6 Å². The Labute approximate surface area is 125 Å². The van der Waals surface area contributed by atoms with Gasteiger partial charge >= 0.3 is 0 Å². The molecule has 2 aromatic rings. The van der Waals surface area contributed by atoms with Crippen molar-refractivity contribution in [3.05, 3.63) is 64.7 Å². The number of hydrogen-bond acceptors (Lipinski definition) is 2. The Morgan fingerprint density at radius 3 is 2.25 bits per heavy atom. The van der Waals surface area contributed by atoms with Crippen LogP contribution in [0.5, 0.6) is 5.75 Å². The summed E-state index contributed by atoms with van der Waals surface area (Å²) in [5.74, 6) is 0.822. The lowest BCUT2D eigenvalue weighted by Crippen LogP contribution is -2.35. The number of ether oxygens (including phenoxy) is 1. The van der Waals surface area contributed by atoms with Gasteiger partial charge in [-0.3, -0.25) is 0 Å². The SMILES string of the molecule is CC(C)Oc1ccccc1C(C)(N)c1ccc(Cl)cc1. The maximum Gasteiger partial charge on any atom is 0.125 e. The van der Waals surface area contributed by atoms with E-state index < -0.39 is 5.54 Å². The third-order valence-electron chi connectivity index (χ3n) is 3.25. The second kappa shape index (κ2) is 5.86. The van der Waals surface area contributed by atoms with Crippen molar-refractivity contribution in [1.29, 1.82) is 0 Å². The smallest absolute Gasteiger partial charge is 0.125 e. The number of para-hydroxylation sites is 1. The van der Waals surface area contributed by atoms with Crippen LogP contribution >= 0.6 is 11.6 Å². The molecule has 0 heterocycles. The Morgan fingerprint density at radius 1 is 1.05 bits per heavy atom. The largest absolute Gasteiger partial charge is 0.491 e. The first kappa shape index (κ1) is 14.9.